The summed E-state index contributed by atoms with van der Waals surface area (Å²) in [4.78, 5) is 13.5. The molecule has 0 radical (unpaired) electrons. The van der Waals surface area contributed by atoms with Crippen LogP contribution in [0.5, 0.6) is 17.2 Å². The molecule has 0 fully saturated rings. The number of anilines is 1. The second-order valence-corrected chi connectivity index (χ2v) is 8.20. The molecule has 0 saturated carbocycles. The number of carbonyl (C=O) groups excluding carboxylic acids is 1. The normalized spacial score (nSPS) is 19.8. The summed E-state index contributed by atoms with van der Waals surface area (Å²) < 4.78 is 16.4. The lowest BCUT2D eigenvalue weighted by Crippen LogP contribution is -2.29. The third kappa shape index (κ3) is 3.21. The Balaban J connectivity index is 1.58. The van der Waals surface area contributed by atoms with Crippen molar-refractivity contribution in [2.75, 3.05) is 19.5 Å². The lowest BCUT2D eigenvalue weighted by atomic mass is 9.72. The van der Waals surface area contributed by atoms with Crippen LogP contribution in [0, 0.1) is 6.92 Å². The van der Waals surface area contributed by atoms with Crippen molar-refractivity contribution >= 4 is 11.7 Å². The molecule has 0 spiro atoms. The van der Waals surface area contributed by atoms with E-state index in [9.17, 15) is 9.90 Å². The summed E-state index contributed by atoms with van der Waals surface area (Å²) in [5, 5.41) is 17.5. The number of rotatable bonds is 4. The molecule has 7 heteroatoms. The highest BCUT2D eigenvalue weighted by molar-refractivity contribution is 6.01. The number of Topliss-reactive ketones (excluding diaryl/α,β-unsaturated/α-hetero) is 1. The Morgan fingerprint density at radius 1 is 1.06 bits per heavy atom. The number of hydrogen-bond acceptors (Lipinski definition) is 7. The minimum absolute atomic E-state index is 0.0102. The van der Waals surface area contributed by atoms with Gasteiger partial charge >= 0.3 is 0 Å². The largest absolute Gasteiger partial charge is 0.508 e. The number of allylic oxidation sites excluding steroid dienone is 2. The SMILES string of the molecule is COc1ccc(C2CC(=O)C3=C(C2)Nc2onc(C)c2C3c2cccc(O)c2)cc1OC. The number of benzene rings is 2. The molecule has 1 aliphatic heterocycles. The number of carbonyl (C=O) groups is 1. The fourth-order valence-corrected chi connectivity index (χ4v) is 4.85. The van der Waals surface area contributed by atoms with Crippen molar-refractivity contribution in [3.05, 3.63) is 76.1 Å². The van der Waals surface area contributed by atoms with Gasteiger partial charge in [0, 0.05) is 23.6 Å². The molecule has 2 heterocycles. The Labute approximate surface area is 185 Å². The average molecular weight is 432 g/mol. The fraction of sp³-hybridized carbons (Fsp3) is 0.280. The van der Waals surface area contributed by atoms with Crippen molar-refractivity contribution in [2.45, 2.75) is 31.6 Å². The molecule has 2 aliphatic rings. The Hall–Kier alpha value is -3.74. The predicted molar refractivity (Wildman–Crippen MR) is 118 cm³/mol. The molecule has 2 aromatic carbocycles. The van der Waals surface area contributed by atoms with E-state index in [1.807, 2.05) is 31.2 Å². The minimum atomic E-state index is -0.335. The lowest BCUT2D eigenvalue weighted by molar-refractivity contribution is -0.116. The Morgan fingerprint density at radius 2 is 1.88 bits per heavy atom. The van der Waals surface area contributed by atoms with Crippen LogP contribution in [-0.4, -0.2) is 30.3 Å². The van der Waals surface area contributed by atoms with Gasteiger partial charge in [-0.3, -0.25) is 4.79 Å². The van der Waals surface area contributed by atoms with Gasteiger partial charge in [0.2, 0.25) is 5.88 Å². The zero-order chi connectivity index (χ0) is 22.4. The van der Waals surface area contributed by atoms with E-state index < -0.39 is 0 Å². The van der Waals surface area contributed by atoms with E-state index in [0.29, 0.717) is 35.8 Å². The maximum Gasteiger partial charge on any atom is 0.233 e. The van der Waals surface area contributed by atoms with Gasteiger partial charge in [-0.1, -0.05) is 23.4 Å². The number of nitrogens with zero attached hydrogens (tertiary/aromatic N) is 1. The Kier molecular flexibility index (Phi) is 4.89. The number of fused-ring (bicyclic) bond motifs is 1. The highest BCUT2D eigenvalue weighted by Crippen LogP contribution is 2.49. The molecule has 164 valence electrons. The molecule has 0 bridgehead atoms. The first-order valence-electron chi connectivity index (χ1n) is 10.5. The molecule has 1 aromatic heterocycles. The third-order valence-corrected chi connectivity index (χ3v) is 6.34. The zero-order valence-electron chi connectivity index (χ0n) is 18.1. The summed E-state index contributed by atoms with van der Waals surface area (Å²) in [5.74, 6) is 1.72. The van der Waals surface area contributed by atoms with E-state index in [1.54, 1.807) is 32.4 Å². The summed E-state index contributed by atoms with van der Waals surface area (Å²) in [6, 6.07) is 12.8. The van der Waals surface area contributed by atoms with Gasteiger partial charge in [0.05, 0.1) is 25.5 Å². The molecular formula is C25H24N2O5. The number of phenols is 1. The summed E-state index contributed by atoms with van der Waals surface area (Å²) in [6.45, 7) is 1.87. The van der Waals surface area contributed by atoms with Gasteiger partial charge in [-0.25, -0.2) is 0 Å². The molecule has 3 aromatic rings. The van der Waals surface area contributed by atoms with Gasteiger partial charge in [-0.05, 0) is 54.7 Å². The second-order valence-electron chi connectivity index (χ2n) is 8.20. The first-order valence-corrected chi connectivity index (χ1v) is 10.5. The van der Waals surface area contributed by atoms with Gasteiger partial charge < -0.3 is 24.4 Å². The number of ether oxygens (including phenoxy) is 2. The highest BCUT2D eigenvalue weighted by Gasteiger charge is 2.41. The maximum absolute atomic E-state index is 13.5. The molecule has 2 N–H and O–H groups in total. The second kappa shape index (κ2) is 7.75. The van der Waals surface area contributed by atoms with Gasteiger partial charge in [-0.2, -0.15) is 0 Å². The molecule has 0 amide bonds. The van der Waals surface area contributed by atoms with Crippen LogP contribution in [-0.2, 0) is 4.79 Å². The number of aromatic nitrogens is 1. The highest BCUT2D eigenvalue weighted by atomic mass is 16.5. The van der Waals surface area contributed by atoms with Crippen LogP contribution in [0.25, 0.3) is 0 Å². The quantitative estimate of drug-likeness (QED) is 0.619. The average Bonchev–Trinajstić information content (AvgIpc) is 3.17. The third-order valence-electron chi connectivity index (χ3n) is 6.34. The van der Waals surface area contributed by atoms with E-state index >= 15 is 0 Å². The Morgan fingerprint density at radius 3 is 2.62 bits per heavy atom. The van der Waals surface area contributed by atoms with Gasteiger partial charge in [0.1, 0.15) is 5.75 Å². The van der Waals surface area contributed by atoms with Crippen molar-refractivity contribution in [3.8, 4) is 17.2 Å². The van der Waals surface area contributed by atoms with Crippen LogP contribution in [0.3, 0.4) is 0 Å². The summed E-state index contributed by atoms with van der Waals surface area (Å²) >= 11 is 0. The van der Waals surface area contributed by atoms with Crippen LogP contribution in [0.1, 0.15) is 47.1 Å². The van der Waals surface area contributed by atoms with Crippen molar-refractivity contribution in [2.24, 2.45) is 0 Å². The van der Waals surface area contributed by atoms with E-state index in [0.717, 1.165) is 28.1 Å². The molecule has 2 atom stereocenters. The molecule has 32 heavy (non-hydrogen) atoms. The number of nitrogens with one attached hydrogen (secondary N) is 1. The van der Waals surface area contributed by atoms with Crippen LogP contribution in [0.15, 0.2) is 58.3 Å². The number of hydrogen-bond donors (Lipinski definition) is 2. The van der Waals surface area contributed by atoms with Gasteiger partial charge in [0.15, 0.2) is 17.3 Å². The molecule has 5 rings (SSSR count). The van der Waals surface area contributed by atoms with Crippen LogP contribution in [0.2, 0.25) is 0 Å². The number of ketones is 1. The van der Waals surface area contributed by atoms with Crippen molar-refractivity contribution < 1.29 is 23.9 Å². The predicted octanol–water partition coefficient (Wildman–Crippen LogP) is 4.66. The van der Waals surface area contributed by atoms with Crippen molar-refractivity contribution in [1.29, 1.82) is 0 Å². The number of phenolic OH excluding ortho intramolecular Hbond substituents is 1. The molecular weight excluding hydrogens is 408 g/mol. The number of methoxy groups -OCH3 is 2. The van der Waals surface area contributed by atoms with Gasteiger partial charge in [0.25, 0.3) is 0 Å². The molecule has 2 unspecified atom stereocenters. The fourth-order valence-electron chi connectivity index (χ4n) is 4.85. The number of aromatic hydroxyl groups is 1. The monoisotopic (exact) mass is 432 g/mol. The van der Waals surface area contributed by atoms with E-state index in [-0.39, 0.29) is 23.4 Å². The first-order chi connectivity index (χ1) is 15.5. The topological polar surface area (TPSA) is 93.8 Å². The van der Waals surface area contributed by atoms with E-state index in [2.05, 4.69) is 10.5 Å². The summed E-state index contributed by atoms with van der Waals surface area (Å²) in [7, 11) is 3.20. The molecule has 1 aliphatic carbocycles. The smallest absolute Gasteiger partial charge is 0.233 e. The zero-order valence-corrected chi connectivity index (χ0v) is 18.1. The Bertz CT molecular complexity index is 1240. The van der Waals surface area contributed by atoms with Crippen molar-refractivity contribution in [3.63, 3.8) is 0 Å². The lowest BCUT2D eigenvalue weighted by Gasteiger charge is -2.34. The standard InChI is InChI=1S/C25H24N2O5/c1-13-22-23(15-5-4-6-17(28)9-15)24-18(26-25(22)32-27-13)10-16(11-19(24)29)14-7-8-20(30-2)21(12-14)31-3/h4-9,12,16,23,26,28H,10-11H2,1-3H3. The van der Waals surface area contributed by atoms with Crippen molar-refractivity contribution in [1.82, 2.24) is 5.16 Å². The summed E-state index contributed by atoms with van der Waals surface area (Å²) in [5.41, 5.74) is 4.96. The number of aryl methyl sites for hydroxylation is 1. The van der Waals surface area contributed by atoms with Crippen LogP contribution >= 0.6 is 0 Å². The van der Waals surface area contributed by atoms with E-state index in [1.165, 1.54) is 0 Å². The first kappa shape index (κ1) is 20.2. The van der Waals surface area contributed by atoms with E-state index in [4.69, 9.17) is 14.0 Å². The minimum Gasteiger partial charge on any atom is -0.508 e. The molecule has 7 nitrogen and oxygen atoms in total. The maximum atomic E-state index is 13.5. The van der Waals surface area contributed by atoms with Crippen LogP contribution in [0.4, 0.5) is 5.88 Å². The van der Waals surface area contributed by atoms with Gasteiger partial charge in [-0.15, -0.1) is 0 Å². The van der Waals surface area contributed by atoms with Crippen LogP contribution < -0.4 is 14.8 Å². The summed E-state index contributed by atoms with van der Waals surface area (Å²) in [6.07, 6.45) is 1.02. The molecule has 0 saturated heterocycles.